The molecule has 1 N–H and O–H groups in total. The van der Waals surface area contributed by atoms with Crippen molar-refractivity contribution in [2.24, 2.45) is 0 Å². The quantitative estimate of drug-likeness (QED) is 0.933. The second kappa shape index (κ2) is 5.85. The molecule has 0 saturated carbocycles. The van der Waals surface area contributed by atoms with E-state index in [2.05, 4.69) is 52.4 Å². The molecule has 1 aliphatic heterocycles. The Kier molecular flexibility index (Phi) is 3.92. The van der Waals surface area contributed by atoms with Gasteiger partial charge in [-0.25, -0.2) is 4.98 Å². The van der Waals surface area contributed by atoms with Crippen LogP contribution in [0, 0.1) is 0 Å². The first-order valence-corrected chi connectivity index (χ1v) is 7.55. The van der Waals surface area contributed by atoms with Crippen LogP contribution in [-0.2, 0) is 0 Å². The lowest BCUT2D eigenvalue weighted by molar-refractivity contribution is 0.372. The number of aromatic nitrogens is 2. The summed E-state index contributed by atoms with van der Waals surface area (Å²) in [5, 5.41) is 4.22. The molecule has 1 atom stereocenters. The molecule has 112 valence electrons. The Morgan fingerprint density at radius 3 is 2.86 bits per heavy atom. The number of benzene rings is 1. The molecule has 2 aromatic rings. The summed E-state index contributed by atoms with van der Waals surface area (Å²) in [5.74, 6) is 1.76. The van der Waals surface area contributed by atoms with Crippen molar-refractivity contribution < 1.29 is 0 Å². The molecule has 1 fully saturated rings. The molecule has 1 aromatic heterocycles. The predicted octanol–water partition coefficient (Wildman–Crippen LogP) is 2.20. The Morgan fingerprint density at radius 1 is 1.29 bits per heavy atom. The molecule has 0 spiro atoms. The van der Waals surface area contributed by atoms with Crippen LogP contribution in [0.2, 0.25) is 0 Å². The molecular formula is C16H23N5. The Balaban J connectivity index is 2.05. The van der Waals surface area contributed by atoms with Crippen molar-refractivity contribution in [1.82, 2.24) is 14.9 Å². The summed E-state index contributed by atoms with van der Waals surface area (Å²) in [6, 6.07) is 8.79. The van der Waals surface area contributed by atoms with E-state index in [9.17, 15) is 0 Å². The number of hydrogen-bond donors (Lipinski definition) is 1. The predicted molar refractivity (Wildman–Crippen MR) is 88.0 cm³/mol. The molecular weight excluding hydrogens is 262 g/mol. The molecule has 1 aliphatic rings. The van der Waals surface area contributed by atoms with Gasteiger partial charge in [0.25, 0.3) is 0 Å². The van der Waals surface area contributed by atoms with Gasteiger partial charge in [-0.2, -0.15) is 4.98 Å². The minimum Gasteiger partial charge on any atom is -0.357 e. The van der Waals surface area contributed by atoms with Gasteiger partial charge in [0.2, 0.25) is 5.95 Å². The van der Waals surface area contributed by atoms with Crippen molar-refractivity contribution >= 4 is 22.7 Å². The first kappa shape index (κ1) is 14.1. The number of anilines is 2. The van der Waals surface area contributed by atoms with E-state index in [1.807, 2.05) is 13.1 Å². The molecule has 3 rings (SSSR count). The molecule has 0 aliphatic carbocycles. The maximum atomic E-state index is 4.74. The first-order valence-electron chi connectivity index (χ1n) is 7.55. The zero-order chi connectivity index (χ0) is 14.8. The smallest absolute Gasteiger partial charge is 0.224 e. The van der Waals surface area contributed by atoms with Gasteiger partial charge < -0.3 is 15.1 Å². The van der Waals surface area contributed by atoms with E-state index >= 15 is 0 Å². The normalized spacial score (nSPS) is 18.7. The lowest BCUT2D eigenvalue weighted by Gasteiger charge is -2.29. The van der Waals surface area contributed by atoms with Crippen LogP contribution in [0.1, 0.15) is 12.8 Å². The van der Waals surface area contributed by atoms with Crippen LogP contribution in [0.5, 0.6) is 0 Å². The Morgan fingerprint density at radius 2 is 2.10 bits per heavy atom. The van der Waals surface area contributed by atoms with Crippen molar-refractivity contribution in [2.45, 2.75) is 18.9 Å². The van der Waals surface area contributed by atoms with Crippen LogP contribution < -0.4 is 10.2 Å². The second-order valence-electron chi connectivity index (χ2n) is 5.89. The van der Waals surface area contributed by atoms with Crippen LogP contribution in [0.25, 0.3) is 10.9 Å². The van der Waals surface area contributed by atoms with Crippen molar-refractivity contribution in [3.63, 3.8) is 0 Å². The number of nitrogens with one attached hydrogen (secondary N) is 1. The maximum absolute atomic E-state index is 4.74. The number of likely N-dealkylation sites (N-methyl/N-ethyl adjacent to an activating group) is 1. The maximum Gasteiger partial charge on any atom is 0.224 e. The third-order valence-electron chi connectivity index (χ3n) is 4.03. The van der Waals surface area contributed by atoms with E-state index in [1.54, 1.807) is 0 Å². The fraction of sp³-hybridized carbons (Fsp3) is 0.500. The van der Waals surface area contributed by atoms with Gasteiger partial charge in [-0.15, -0.1) is 0 Å². The molecule has 1 aromatic carbocycles. The second-order valence-corrected chi connectivity index (χ2v) is 5.89. The molecule has 5 nitrogen and oxygen atoms in total. The SMILES string of the molecule is CNc1nc(N2CCCC2CN(C)C)c2ccccc2n1. The number of fused-ring (bicyclic) bond motifs is 1. The van der Waals surface area contributed by atoms with E-state index in [0.717, 1.165) is 29.8 Å². The third kappa shape index (κ3) is 2.78. The van der Waals surface area contributed by atoms with E-state index in [0.29, 0.717) is 12.0 Å². The summed E-state index contributed by atoms with van der Waals surface area (Å²) in [6.45, 7) is 2.13. The average molecular weight is 285 g/mol. The highest BCUT2D eigenvalue weighted by Crippen LogP contribution is 2.31. The Labute approximate surface area is 126 Å². The number of para-hydroxylation sites is 1. The van der Waals surface area contributed by atoms with Gasteiger partial charge in [0, 0.05) is 31.6 Å². The monoisotopic (exact) mass is 285 g/mol. The van der Waals surface area contributed by atoms with Crippen molar-refractivity contribution in [3.8, 4) is 0 Å². The number of nitrogens with zero attached hydrogens (tertiary/aromatic N) is 4. The topological polar surface area (TPSA) is 44.3 Å². The van der Waals surface area contributed by atoms with Crippen molar-refractivity contribution in [3.05, 3.63) is 24.3 Å². The van der Waals surface area contributed by atoms with Crippen LogP contribution in [0.3, 0.4) is 0 Å². The Bertz CT molecular complexity index is 625. The van der Waals surface area contributed by atoms with Gasteiger partial charge in [-0.1, -0.05) is 12.1 Å². The highest BCUT2D eigenvalue weighted by molar-refractivity contribution is 5.90. The molecule has 2 heterocycles. The largest absolute Gasteiger partial charge is 0.357 e. The van der Waals surface area contributed by atoms with Crippen LogP contribution in [0.15, 0.2) is 24.3 Å². The molecule has 0 radical (unpaired) electrons. The molecule has 0 bridgehead atoms. The van der Waals surface area contributed by atoms with E-state index < -0.39 is 0 Å². The average Bonchev–Trinajstić information content (AvgIpc) is 2.93. The summed E-state index contributed by atoms with van der Waals surface area (Å²) in [7, 11) is 6.14. The molecule has 21 heavy (non-hydrogen) atoms. The molecule has 1 saturated heterocycles. The molecule has 1 unspecified atom stereocenters. The lowest BCUT2D eigenvalue weighted by Crippen LogP contribution is -2.38. The Hall–Kier alpha value is -1.88. The van der Waals surface area contributed by atoms with Gasteiger partial charge >= 0.3 is 0 Å². The summed E-state index contributed by atoms with van der Waals surface area (Å²) in [4.78, 5) is 14.0. The highest BCUT2D eigenvalue weighted by Gasteiger charge is 2.27. The van der Waals surface area contributed by atoms with Crippen LogP contribution in [0.4, 0.5) is 11.8 Å². The van der Waals surface area contributed by atoms with Gasteiger partial charge in [-0.05, 0) is 39.1 Å². The van der Waals surface area contributed by atoms with Crippen molar-refractivity contribution in [2.75, 3.05) is 44.4 Å². The zero-order valence-corrected chi connectivity index (χ0v) is 13.0. The standard InChI is InChI=1S/C16H23N5/c1-17-16-18-14-9-5-4-8-13(14)15(19-16)21-10-6-7-12(21)11-20(2)3/h4-5,8-9,12H,6-7,10-11H2,1-3H3,(H,17,18,19). The molecule has 0 amide bonds. The summed E-state index contributed by atoms with van der Waals surface area (Å²) >= 11 is 0. The summed E-state index contributed by atoms with van der Waals surface area (Å²) < 4.78 is 0. The minimum atomic E-state index is 0.531. The first-order chi connectivity index (χ1) is 10.2. The van der Waals surface area contributed by atoms with E-state index in [-0.39, 0.29) is 0 Å². The minimum absolute atomic E-state index is 0.531. The number of rotatable bonds is 4. The third-order valence-corrected chi connectivity index (χ3v) is 4.03. The lowest BCUT2D eigenvalue weighted by atomic mass is 10.2. The number of hydrogen-bond acceptors (Lipinski definition) is 5. The molecule has 5 heteroatoms. The van der Waals surface area contributed by atoms with Gasteiger partial charge in [-0.3, -0.25) is 0 Å². The van der Waals surface area contributed by atoms with E-state index in [4.69, 9.17) is 4.98 Å². The van der Waals surface area contributed by atoms with Gasteiger partial charge in [0.1, 0.15) is 5.82 Å². The van der Waals surface area contributed by atoms with Crippen LogP contribution >= 0.6 is 0 Å². The summed E-state index contributed by atoms with van der Waals surface area (Å²) in [5.41, 5.74) is 1.00. The highest BCUT2D eigenvalue weighted by atomic mass is 15.3. The van der Waals surface area contributed by atoms with Gasteiger partial charge in [0.15, 0.2) is 0 Å². The fourth-order valence-corrected chi connectivity index (χ4v) is 3.12. The van der Waals surface area contributed by atoms with Crippen molar-refractivity contribution in [1.29, 1.82) is 0 Å². The van der Waals surface area contributed by atoms with Gasteiger partial charge in [0.05, 0.1) is 5.52 Å². The summed E-state index contributed by atoms with van der Waals surface area (Å²) in [6.07, 6.45) is 2.46. The zero-order valence-electron chi connectivity index (χ0n) is 13.0. The van der Waals surface area contributed by atoms with Crippen LogP contribution in [-0.4, -0.2) is 55.1 Å². The van der Waals surface area contributed by atoms with E-state index in [1.165, 1.54) is 12.8 Å². The fourth-order valence-electron chi connectivity index (χ4n) is 3.12.